The number of hydrogen-bond donors (Lipinski definition) is 1. The van der Waals surface area contributed by atoms with Crippen LogP contribution in [0, 0.1) is 0 Å². The minimum absolute atomic E-state index is 0.257. The van der Waals surface area contributed by atoms with Crippen LogP contribution in [0.25, 0.3) is 0 Å². The zero-order chi connectivity index (χ0) is 12.3. The second-order valence-electron chi connectivity index (χ2n) is 4.73. The molecular weight excluding hydrogens is 216 g/mol. The normalized spacial score (nSPS) is 24.5. The smallest absolute Gasteiger partial charge is 0.0674 e. The van der Waals surface area contributed by atoms with E-state index in [1.165, 1.54) is 5.56 Å². The average molecular weight is 238 g/mol. The number of aryl methyl sites for hydroxylation is 1. The molecule has 1 saturated heterocycles. The summed E-state index contributed by atoms with van der Waals surface area (Å²) in [5, 5.41) is 4.23. The molecule has 2 heterocycles. The van der Waals surface area contributed by atoms with E-state index in [-0.39, 0.29) is 12.1 Å². The van der Waals surface area contributed by atoms with E-state index in [9.17, 15) is 0 Å². The van der Waals surface area contributed by atoms with Crippen LogP contribution in [0.4, 0.5) is 0 Å². The second-order valence-corrected chi connectivity index (χ2v) is 4.73. The highest BCUT2D eigenvalue weighted by atomic mass is 16.5. The molecular formula is C12H22N4O. The van der Waals surface area contributed by atoms with Crippen molar-refractivity contribution in [3.63, 3.8) is 0 Å². The molecule has 0 aromatic carbocycles. The first-order chi connectivity index (χ1) is 8.20. The monoisotopic (exact) mass is 238 g/mol. The van der Waals surface area contributed by atoms with Crippen LogP contribution in [0.3, 0.4) is 0 Å². The third kappa shape index (κ3) is 3.06. The van der Waals surface area contributed by atoms with E-state index < -0.39 is 0 Å². The third-order valence-corrected chi connectivity index (χ3v) is 3.26. The van der Waals surface area contributed by atoms with E-state index in [4.69, 9.17) is 10.5 Å². The summed E-state index contributed by atoms with van der Waals surface area (Å²) in [6.07, 6.45) is 5.31. The molecule has 2 N–H and O–H groups in total. The molecule has 1 aromatic heterocycles. The van der Waals surface area contributed by atoms with Gasteiger partial charge in [0.25, 0.3) is 0 Å². The van der Waals surface area contributed by atoms with Gasteiger partial charge < -0.3 is 10.5 Å². The summed E-state index contributed by atoms with van der Waals surface area (Å²) in [6, 6.07) is 0.257. The van der Waals surface area contributed by atoms with Crippen molar-refractivity contribution in [3.05, 3.63) is 18.0 Å². The van der Waals surface area contributed by atoms with Crippen molar-refractivity contribution >= 4 is 0 Å². The molecule has 5 nitrogen and oxygen atoms in total. The molecule has 0 radical (unpaired) electrons. The number of ether oxygens (including phenoxy) is 1. The van der Waals surface area contributed by atoms with Gasteiger partial charge in [0, 0.05) is 45.0 Å². The van der Waals surface area contributed by atoms with Gasteiger partial charge in [0.2, 0.25) is 0 Å². The standard InChI is InChI=1S/C12H22N4O/c1-10-8-16(4-3-5-17-10)12(6-13)11-7-14-15(2)9-11/h7,9-10,12H,3-6,8,13H2,1-2H3. The first kappa shape index (κ1) is 12.5. The van der Waals surface area contributed by atoms with Crippen molar-refractivity contribution in [1.29, 1.82) is 0 Å². The van der Waals surface area contributed by atoms with Crippen LogP contribution in [0.15, 0.2) is 12.4 Å². The Hall–Kier alpha value is -0.910. The summed E-state index contributed by atoms with van der Waals surface area (Å²) in [6.45, 7) is 5.58. The van der Waals surface area contributed by atoms with Crippen LogP contribution in [0.1, 0.15) is 24.9 Å². The zero-order valence-corrected chi connectivity index (χ0v) is 10.7. The van der Waals surface area contributed by atoms with Crippen LogP contribution in [-0.2, 0) is 11.8 Å². The minimum atomic E-state index is 0.257. The Bertz CT molecular complexity index is 352. The molecule has 96 valence electrons. The molecule has 2 atom stereocenters. The molecule has 2 unspecified atom stereocenters. The summed E-state index contributed by atoms with van der Waals surface area (Å²) in [7, 11) is 1.94. The van der Waals surface area contributed by atoms with Crippen molar-refractivity contribution in [1.82, 2.24) is 14.7 Å². The van der Waals surface area contributed by atoms with Crippen LogP contribution in [0.2, 0.25) is 0 Å². The molecule has 5 heteroatoms. The highest BCUT2D eigenvalue weighted by molar-refractivity contribution is 5.11. The topological polar surface area (TPSA) is 56.3 Å². The Morgan fingerprint density at radius 3 is 3.12 bits per heavy atom. The molecule has 0 bridgehead atoms. The van der Waals surface area contributed by atoms with Gasteiger partial charge in [-0.05, 0) is 13.3 Å². The molecule has 1 aliphatic rings. The maximum absolute atomic E-state index is 5.92. The molecule has 17 heavy (non-hydrogen) atoms. The fourth-order valence-corrected chi connectivity index (χ4v) is 2.42. The van der Waals surface area contributed by atoms with Gasteiger partial charge in [-0.2, -0.15) is 5.10 Å². The summed E-state index contributed by atoms with van der Waals surface area (Å²) < 4.78 is 7.49. The van der Waals surface area contributed by atoms with E-state index in [1.54, 1.807) is 0 Å². The molecule has 0 amide bonds. The highest BCUT2D eigenvalue weighted by Gasteiger charge is 2.24. The van der Waals surface area contributed by atoms with Crippen molar-refractivity contribution in [3.8, 4) is 0 Å². The molecule has 1 aliphatic heterocycles. The molecule has 1 fully saturated rings. The number of nitrogens with zero attached hydrogens (tertiary/aromatic N) is 3. The van der Waals surface area contributed by atoms with Crippen LogP contribution < -0.4 is 5.73 Å². The second kappa shape index (κ2) is 5.62. The highest BCUT2D eigenvalue weighted by Crippen LogP contribution is 2.21. The van der Waals surface area contributed by atoms with Gasteiger partial charge in [-0.1, -0.05) is 0 Å². The van der Waals surface area contributed by atoms with Gasteiger partial charge in [-0.25, -0.2) is 0 Å². The lowest BCUT2D eigenvalue weighted by molar-refractivity contribution is 0.0612. The largest absolute Gasteiger partial charge is 0.377 e. The number of aromatic nitrogens is 2. The summed E-state index contributed by atoms with van der Waals surface area (Å²) >= 11 is 0. The van der Waals surface area contributed by atoms with E-state index in [2.05, 4.69) is 16.9 Å². The molecule has 1 aromatic rings. The number of nitrogens with two attached hydrogens (primary N) is 1. The van der Waals surface area contributed by atoms with E-state index in [1.807, 2.05) is 24.1 Å². The maximum Gasteiger partial charge on any atom is 0.0674 e. The average Bonchev–Trinajstić information content (AvgIpc) is 2.59. The van der Waals surface area contributed by atoms with Crippen LogP contribution in [0.5, 0.6) is 0 Å². The summed E-state index contributed by atoms with van der Waals surface area (Å²) in [5.74, 6) is 0. The first-order valence-corrected chi connectivity index (χ1v) is 6.25. The molecule has 0 spiro atoms. The lowest BCUT2D eigenvalue weighted by Gasteiger charge is -2.29. The van der Waals surface area contributed by atoms with E-state index >= 15 is 0 Å². The Kier molecular flexibility index (Phi) is 4.15. The lowest BCUT2D eigenvalue weighted by Crippen LogP contribution is -2.37. The lowest BCUT2D eigenvalue weighted by atomic mass is 10.1. The van der Waals surface area contributed by atoms with Gasteiger partial charge in [-0.15, -0.1) is 0 Å². The Morgan fingerprint density at radius 2 is 2.47 bits per heavy atom. The predicted molar refractivity (Wildman–Crippen MR) is 66.6 cm³/mol. The van der Waals surface area contributed by atoms with E-state index in [0.29, 0.717) is 6.54 Å². The van der Waals surface area contributed by atoms with Gasteiger partial charge >= 0.3 is 0 Å². The Balaban J connectivity index is 2.11. The number of rotatable bonds is 3. The van der Waals surface area contributed by atoms with Gasteiger partial charge in [0.1, 0.15) is 0 Å². The molecule has 0 saturated carbocycles. The quantitative estimate of drug-likeness (QED) is 0.834. The van der Waals surface area contributed by atoms with Crippen molar-refractivity contribution < 1.29 is 4.74 Å². The van der Waals surface area contributed by atoms with E-state index in [0.717, 1.165) is 26.1 Å². The van der Waals surface area contributed by atoms with Crippen molar-refractivity contribution in [2.45, 2.75) is 25.5 Å². The summed E-state index contributed by atoms with van der Waals surface area (Å²) in [5.41, 5.74) is 7.12. The molecule has 0 aliphatic carbocycles. The van der Waals surface area contributed by atoms with Gasteiger partial charge in [0.05, 0.1) is 18.3 Å². The fourth-order valence-electron chi connectivity index (χ4n) is 2.42. The fraction of sp³-hybridized carbons (Fsp3) is 0.750. The third-order valence-electron chi connectivity index (χ3n) is 3.26. The molecule has 2 rings (SSSR count). The predicted octanol–water partition coefficient (Wildman–Crippen LogP) is 0.531. The van der Waals surface area contributed by atoms with Gasteiger partial charge in [0.15, 0.2) is 0 Å². The Labute approximate surface area is 103 Å². The zero-order valence-electron chi connectivity index (χ0n) is 10.7. The van der Waals surface area contributed by atoms with Crippen molar-refractivity contribution in [2.75, 3.05) is 26.2 Å². The SMILES string of the molecule is CC1CN(C(CN)c2cnn(C)c2)CCCO1. The number of hydrogen-bond acceptors (Lipinski definition) is 4. The van der Waals surface area contributed by atoms with Crippen molar-refractivity contribution in [2.24, 2.45) is 12.8 Å². The van der Waals surface area contributed by atoms with Crippen LogP contribution in [-0.4, -0.2) is 47.0 Å². The maximum atomic E-state index is 5.92. The minimum Gasteiger partial charge on any atom is -0.377 e. The van der Waals surface area contributed by atoms with Gasteiger partial charge in [-0.3, -0.25) is 9.58 Å². The Morgan fingerprint density at radius 1 is 1.65 bits per heavy atom. The summed E-state index contributed by atoms with van der Waals surface area (Å²) in [4.78, 5) is 2.41. The van der Waals surface area contributed by atoms with Crippen LogP contribution >= 0.6 is 0 Å². The first-order valence-electron chi connectivity index (χ1n) is 6.25.